The van der Waals surface area contributed by atoms with Gasteiger partial charge in [0.2, 0.25) is 0 Å². The Balaban J connectivity index is 1.84. The third-order valence-electron chi connectivity index (χ3n) is 3.32. The number of thiocarbonyl (C=S) groups is 1. The molecule has 0 unspecified atom stereocenters. The van der Waals surface area contributed by atoms with E-state index in [4.69, 9.17) is 16.6 Å². The predicted molar refractivity (Wildman–Crippen MR) is 98.6 cm³/mol. The summed E-state index contributed by atoms with van der Waals surface area (Å²) in [5, 5.41) is 27.5. The van der Waals surface area contributed by atoms with Crippen molar-refractivity contribution in [3.05, 3.63) is 62.4 Å². The average Bonchev–Trinajstić information content (AvgIpc) is 3.11. The normalized spacial score (nSPS) is 16.2. The number of rotatable bonds is 4. The van der Waals surface area contributed by atoms with Crippen LogP contribution >= 0.6 is 24.0 Å². The maximum atomic E-state index is 12.4. The first kappa shape index (κ1) is 17.8. The highest BCUT2D eigenvalue weighted by atomic mass is 32.2. The molecule has 3 rings (SSSR count). The summed E-state index contributed by atoms with van der Waals surface area (Å²) in [4.78, 5) is 22.9. The van der Waals surface area contributed by atoms with E-state index in [0.29, 0.717) is 16.4 Å². The summed E-state index contributed by atoms with van der Waals surface area (Å²) in [5.41, 5.74) is -0.261. The van der Waals surface area contributed by atoms with Crippen LogP contribution < -0.4 is 5.11 Å². The van der Waals surface area contributed by atoms with E-state index in [1.807, 2.05) is 0 Å². The van der Waals surface area contributed by atoms with E-state index in [9.17, 15) is 20.0 Å². The molecule has 2 aromatic rings. The fourth-order valence-corrected chi connectivity index (χ4v) is 3.24. The van der Waals surface area contributed by atoms with Crippen LogP contribution in [-0.2, 0) is 4.79 Å². The topological polar surface area (TPSA) is 112 Å². The maximum Gasteiger partial charge on any atom is 0.286 e. The van der Waals surface area contributed by atoms with E-state index >= 15 is 0 Å². The molecule has 1 aliphatic heterocycles. The van der Waals surface area contributed by atoms with Gasteiger partial charge in [0.25, 0.3) is 11.6 Å². The third kappa shape index (κ3) is 3.65. The second-order valence-corrected chi connectivity index (χ2v) is 6.84. The molecule has 2 heterocycles. The fraction of sp³-hybridized carbons (Fsp3) is 0.0625. The molecule has 0 atom stereocenters. The lowest BCUT2D eigenvalue weighted by atomic mass is 10.2. The van der Waals surface area contributed by atoms with Crippen LogP contribution in [0.3, 0.4) is 0 Å². The number of hydrazone groups is 1. The number of nitro groups is 1. The summed E-state index contributed by atoms with van der Waals surface area (Å²) in [7, 11) is 0. The maximum absolute atomic E-state index is 12.4. The number of hydrogen-bond acceptors (Lipinski definition) is 8. The van der Waals surface area contributed by atoms with Gasteiger partial charge in [0, 0.05) is 18.2 Å². The van der Waals surface area contributed by atoms with Crippen molar-refractivity contribution in [1.82, 2.24) is 5.01 Å². The number of benzene rings is 1. The Morgan fingerprint density at radius 3 is 2.77 bits per heavy atom. The first-order valence-corrected chi connectivity index (χ1v) is 8.41. The lowest BCUT2D eigenvalue weighted by molar-refractivity contribution is -0.385. The van der Waals surface area contributed by atoms with E-state index in [0.717, 1.165) is 41.2 Å². The first-order chi connectivity index (χ1) is 12.3. The van der Waals surface area contributed by atoms with Crippen LogP contribution in [0.1, 0.15) is 17.1 Å². The molecule has 1 saturated heterocycles. The van der Waals surface area contributed by atoms with E-state index in [2.05, 4.69) is 5.10 Å². The molecule has 26 heavy (non-hydrogen) atoms. The number of thioether (sulfide) groups is 1. The second-order valence-electron chi connectivity index (χ2n) is 5.17. The smallest absolute Gasteiger partial charge is 0.286 e. The van der Waals surface area contributed by atoms with Crippen molar-refractivity contribution < 1.29 is 19.2 Å². The highest BCUT2D eigenvalue weighted by molar-refractivity contribution is 8.26. The zero-order chi connectivity index (χ0) is 18.8. The summed E-state index contributed by atoms with van der Waals surface area (Å²) in [5.74, 6) is 0.292. The van der Waals surface area contributed by atoms with Crippen LogP contribution in [0.25, 0.3) is 6.08 Å². The van der Waals surface area contributed by atoms with Gasteiger partial charge in [-0.1, -0.05) is 23.6 Å². The molecule has 0 saturated carbocycles. The van der Waals surface area contributed by atoms with Gasteiger partial charge in [-0.3, -0.25) is 14.9 Å². The number of nitro benzene ring substituents is 1. The molecular formula is C16H10N3O5S2-. The lowest BCUT2D eigenvalue weighted by Gasteiger charge is -2.10. The first-order valence-electron chi connectivity index (χ1n) is 7.19. The predicted octanol–water partition coefficient (Wildman–Crippen LogP) is 2.81. The van der Waals surface area contributed by atoms with Crippen molar-refractivity contribution in [2.24, 2.45) is 5.10 Å². The van der Waals surface area contributed by atoms with Crippen molar-refractivity contribution in [1.29, 1.82) is 0 Å². The number of aryl methyl sites for hydroxylation is 1. The van der Waals surface area contributed by atoms with Gasteiger partial charge in [0.1, 0.15) is 11.5 Å². The fourth-order valence-electron chi connectivity index (χ4n) is 2.09. The molecule has 132 valence electrons. The van der Waals surface area contributed by atoms with Gasteiger partial charge < -0.3 is 9.52 Å². The molecule has 0 radical (unpaired) electrons. The van der Waals surface area contributed by atoms with Gasteiger partial charge in [0.05, 0.1) is 16.0 Å². The molecule has 0 bridgehead atoms. The summed E-state index contributed by atoms with van der Waals surface area (Å²) in [6, 6.07) is 6.75. The molecule has 1 aromatic carbocycles. The average molecular weight is 388 g/mol. The zero-order valence-corrected chi connectivity index (χ0v) is 14.9. The summed E-state index contributed by atoms with van der Waals surface area (Å²) >= 11 is 6.17. The monoisotopic (exact) mass is 388 g/mol. The summed E-state index contributed by atoms with van der Waals surface area (Å²) < 4.78 is 5.58. The Bertz CT molecular complexity index is 980. The standard InChI is InChI=1S/C16H11N3O5S2/c1-9-2-4-12(24-9)7-14-15(21)18(16(25)26-14)17-8-10-6-11(19(22)23)3-5-13(10)20/h2-8,20H,1H3/p-1/b14-7-,17-8-. The van der Waals surface area contributed by atoms with Crippen molar-refractivity contribution in [3.8, 4) is 5.75 Å². The Kier molecular flexibility index (Phi) is 4.87. The van der Waals surface area contributed by atoms with Crippen molar-refractivity contribution in [2.45, 2.75) is 6.92 Å². The highest BCUT2D eigenvalue weighted by Crippen LogP contribution is 2.33. The second kappa shape index (κ2) is 7.10. The van der Waals surface area contributed by atoms with Crippen LogP contribution in [0.15, 0.2) is 44.8 Å². The molecule has 0 N–H and O–H groups in total. The third-order valence-corrected chi connectivity index (χ3v) is 4.61. The molecule has 8 nitrogen and oxygen atoms in total. The largest absolute Gasteiger partial charge is 0.872 e. The number of carbonyl (C=O) groups excluding carboxylic acids is 1. The molecule has 1 fully saturated rings. The number of carbonyl (C=O) groups is 1. The Hall–Kier alpha value is -2.98. The number of nitrogens with zero attached hydrogens (tertiary/aromatic N) is 3. The summed E-state index contributed by atoms with van der Waals surface area (Å²) in [6.45, 7) is 1.78. The van der Waals surface area contributed by atoms with Crippen LogP contribution in [-0.4, -0.2) is 26.4 Å². The Morgan fingerprint density at radius 2 is 2.12 bits per heavy atom. The van der Waals surface area contributed by atoms with Crippen LogP contribution in [0, 0.1) is 17.0 Å². The van der Waals surface area contributed by atoms with Crippen LogP contribution in [0.4, 0.5) is 5.69 Å². The molecule has 10 heteroatoms. The molecule has 0 aliphatic carbocycles. The van der Waals surface area contributed by atoms with Gasteiger partial charge in [-0.15, -0.1) is 0 Å². The van der Waals surface area contributed by atoms with Gasteiger partial charge in [-0.25, -0.2) is 0 Å². The number of amides is 1. The van der Waals surface area contributed by atoms with Crippen LogP contribution in [0.2, 0.25) is 0 Å². The molecule has 0 spiro atoms. The van der Waals surface area contributed by atoms with E-state index < -0.39 is 16.6 Å². The molecule has 1 aliphatic rings. The van der Waals surface area contributed by atoms with Crippen molar-refractivity contribution in [3.63, 3.8) is 0 Å². The van der Waals surface area contributed by atoms with E-state index in [-0.39, 0.29) is 15.6 Å². The minimum Gasteiger partial charge on any atom is -0.872 e. The minimum absolute atomic E-state index is 0.0149. The van der Waals surface area contributed by atoms with Crippen molar-refractivity contribution >= 4 is 52.2 Å². The Labute approximate surface area is 156 Å². The lowest BCUT2D eigenvalue weighted by Crippen LogP contribution is -2.22. The highest BCUT2D eigenvalue weighted by Gasteiger charge is 2.32. The van der Waals surface area contributed by atoms with E-state index in [1.54, 1.807) is 25.1 Å². The Morgan fingerprint density at radius 1 is 1.35 bits per heavy atom. The molecule has 1 amide bonds. The van der Waals surface area contributed by atoms with Gasteiger partial charge in [0.15, 0.2) is 4.32 Å². The van der Waals surface area contributed by atoms with Gasteiger partial charge >= 0.3 is 0 Å². The van der Waals surface area contributed by atoms with Gasteiger partial charge in [-0.2, -0.15) is 10.1 Å². The summed E-state index contributed by atoms with van der Waals surface area (Å²) in [6.07, 6.45) is 2.63. The van der Waals surface area contributed by atoms with Gasteiger partial charge in [-0.05, 0) is 36.8 Å². The quantitative estimate of drug-likeness (QED) is 0.260. The van der Waals surface area contributed by atoms with Crippen LogP contribution in [0.5, 0.6) is 5.75 Å². The number of non-ortho nitro benzene ring substituents is 1. The molecule has 1 aromatic heterocycles. The minimum atomic E-state index is -0.621. The molecular weight excluding hydrogens is 378 g/mol. The number of hydrogen-bond donors (Lipinski definition) is 0. The SMILES string of the molecule is Cc1ccc(/C=C2\SC(=S)N(/N=C\c3cc([N+](=O)[O-])ccc3[O-])C2=O)o1. The van der Waals surface area contributed by atoms with Crippen molar-refractivity contribution in [2.75, 3.05) is 0 Å². The van der Waals surface area contributed by atoms with E-state index in [1.165, 1.54) is 0 Å². The number of furan rings is 1. The zero-order valence-electron chi connectivity index (χ0n) is 13.2.